The van der Waals surface area contributed by atoms with E-state index < -0.39 is 21.7 Å². The van der Waals surface area contributed by atoms with Gasteiger partial charge in [0.15, 0.2) is 23.3 Å². The highest BCUT2D eigenvalue weighted by Gasteiger charge is 2.15. The summed E-state index contributed by atoms with van der Waals surface area (Å²) in [6.45, 7) is 1.98. The van der Waals surface area contributed by atoms with E-state index in [2.05, 4.69) is 20.2 Å². The summed E-state index contributed by atoms with van der Waals surface area (Å²) in [5.74, 6) is -1.67. The van der Waals surface area contributed by atoms with Gasteiger partial charge in [-0.2, -0.15) is 0 Å². The van der Waals surface area contributed by atoms with E-state index in [1.807, 2.05) is 6.92 Å². The van der Waals surface area contributed by atoms with Crippen LogP contribution in [0, 0.1) is 11.6 Å². The Labute approximate surface area is 155 Å². The molecule has 0 aliphatic heterocycles. The lowest BCUT2D eigenvalue weighted by Crippen LogP contribution is -2.14. The Balaban J connectivity index is 1.71. The summed E-state index contributed by atoms with van der Waals surface area (Å²) >= 11 is 0. The smallest absolute Gasteiger partial charge is 0.263 e. The zero-order valence-corrected chi connectivity index (χ0v) is 15.1. The molecule has 0 bridgehead atoms. The zero-order valence-electron chi connectivity index (χ0n) is 14.3. The van der Waals surface area contributed by atoms with Crippen molar-refractivity contribution in [3.63, 3.8) is 0 Å². The zero-order chi connectivity index (χ0) is 19.4. The Bertz CT molecular complexity index is 1040. The summed E-state index contributed by atoms with van der Waals surface area (Å²) in [6, 6.07) is 12.7. The maximum Gasteiger partial charge on any atom is 0.263 e. The van der Waals surface area contributed by atoms with E-state index in [1.165, 1.54) is 30.3 Å². The van der Waals surface area contributed by atoms with Gasteiger partial charge in [-0.3, -0.25) is 4.72 Å². The Kier molecular flexibility index (Phi) is 5.31. The first-order valence-corrected chi connectivity index (χ1v) is 9.53. The molecule has 1 heterocycles. The average Bonchev–Trinajstić information content (AvgIpc) is 2.66. The van der Waals surface area contributed by atoms with E-state index in [0.717, 1.165) is 24.1 Å². The number of hydrogen-bond acceptors (Lipinski definition) is 5. The molecule has 27 heavy (non-hydrogen) atoms. The second-order valence-electron chi connectivity index (χ2n) is 5.66. The van der Waals surface area contributed by atoms with Crippen LogP contribution >= 0.6 is 0 Å². The van der Waals surface area contributed by atoms with Crippen LogP contribution in [0.5, 0.6) is 0 Å². The summed E-state index contributed by atoms with van der Waals surface area (Å²) in [4.78, 5) is 0.116. The molecule has 140 valence electrons. The van der Waals surface area contributed by atoms with E-state index in [1.54, 1.807) is 12.1 Å². The van der Waals surface area contributed by atoms with Gasteiger partial charge >= 0.3 is 0 Å². The molecule has 6 nitrogen and oxygen atoms in total. The van der Waals surface area contributed by atoms with Gasteiger partial charge in [-0.1, -0.05) is 19.1 Å². The fraction of sp³-hybridized carbons (Fsp3) is 0.111. The van der Waals surface area contributed by atoms with Gasteiger partial charge in [0, 0.05) is 11.8 Å². The third kappa shape index (κ3) is 4.56. The number of sulfonamides is 1. The topological polar surface area (TPSA) is 84.0 Å². The number of rotatable bonds is 6. The van der Waals surface area contributed by atoms with E-state index in [-0.39, 0.29) is 22.2 Å². The van der Waals surface area contributed by atoms with Crippen LogP contribution in [0.2, 0.25) is 0 Å². The second-order valence-corrected chi connectivity index (χ2v) is 7.34. The maximum absolute atomic E-state index is 13.2. The summed E-state index contributed by atoms with van der Waals surface area (Å²) in [7, 11) is -3.78. The molecule has 0 aliphatic rings. The first kappa shape index (κ1) is 18.7. The Morgan fingerprint density at radius 1 is 0.889 bits per heavy atom. The minimum Gasteiger partial charge on any atom is -0.339 e. The third-order valence-corrected chi connectivity index (χ3v) is 5.11. The minimum atomic E-state index is -3.78. The molecule has 2 N–H and O–H groups in total. The molecular formula is C18H16F2N4O2S. The molecule has 0 atom stereocenters. The Morgan fingerprint density at radius 2 is 1.56 bits per heavy atom. The van der Waals surface area contributed by atoms with E-state index in [4.69, 9.17) is 0 Å². The standard InChI is InChI=1S/C18H16F2N4O2S/c1-2-12-3-6-14(7-4-12)27(25,26)24-18-10-9-17(22-23-18)21-13-5-8-15(19)16(20)11-13/h3-11H,2H2,1H3,(H,21,22)(H,23,24). The largest absolute Gasteiger partial charge is 0.339 e. The highest BCUT2D eigenvalue weighted by Crippen LogP contribution is 2.19. The van der Waals surface area contributed by atoms with Crippen molar-refractivity contribution in [3.05, 3.63) is 71.8 Å². The molecule has 9 heteroatoms. The number of aryl methyl sites for hydroxylation is 1. The first-order valence-electron chi connectivity index (χ1n) is 8.05. The molecule has 3 aromatic rings. The van der Waals surface area contributed by atoms with Gasteiger partial charge in [-0.15, -0.1) is 10.2 Å². The number of nitrogens with zero attached hydrogens (tertiary/aromatic N) is 2. The molecule has 0 aliphatic carbocycles. The fourth-order valence-corrected chi connectivity index (χ4v) is 3.27. The van der Waals surface area contributed by atoms with Crippen LogP contribution in [-0.2, 0) is 16.4 Å². The molecule has 2 aromatic carbocycles. The van der Waals surface area contributed by atoms with Crippen molar-refractivity contribution in [1.82, 2.24) is 10.2 Å². The summed E-state index contributed by atoms with van der Waals surface area (Å²) in [6.07, 6.45) is 0.811. The van der Waals surface area contributed by atoms with Gasteiger partial charge in [0.2, 0.25) is 0 Å². The van der Waals surface area contributed by atoms with Crippen LogP contribution in [0.1, 0.15) is 12.5 Å². The van der Waals surface area contributed by atoms with E-state index in [0.29, 0.717) is 0 Å². The van der Waals surface area contributed by atoms with Crippen molar-refractivity contribution in [2.24, 2.45) is 0 Å². The summed E-state index contributed by atoms with van der Waals surface area (Å²) in [5, 5.41) is 10.4. The average molecular weight is 390 g/mol. The number of benzene rings is 2. The molecule has 0 saturated heterocycles. The molecule has 0 spiro atoms. The normalized spacial score (nSPS) is 11.2. The van der Waals surface area contributed by atoms with Crippen LogP contribution in [-0.4, -0.2) is 18.6 Å². The lowest BCUT2D eigenvalue weighted by Gasteiger charge is -2.09. The van der Waals surface area contributed by atoms with Gasteiger partial charge in [0.05, 0.1) is 4.90 Å². The van der Waals surface area contributed by atoms with Gasteiger partial charge in [0.25, 0.3) is 10.0 Å². The van der Waals surface area contributed by atoms with Crippen LogP contribution in [0.25, 0.3) is 0 Å². The molecule has 0 amide bonds. The second kappa shape index (κ2) is 7.67. The van der Waals surface area contributed by atoms with Crippen molar-refractivity contribution in [2.45, 2.75) is 18.2 Å². The summed E-state index contributed by atoms with van der Waals surface area (Å²) < 4.78 is 53.2. The molecule has 0 radical (unpaired) electrons. The van der Waals surface area contributed by atoms with Crippen LogP contribution < -0.4 is 10.0 Å². The lowest BCUT2D eigenvalue weighted by molar-refractivity contribution is 0.509. The summed E-state index contributed by atoms with van der Waals surface area (Å²) in [5.41, 5.74) is 1.31. The SMILES string of the molecule is CCc1ccc(S(=O)(=O)Nc2ccc(Nc3ccc(F)c(F)c3)nn2)cc1. The van der Waals surface area contributed by atoms with Crippen molar-refractivity contribution < 1.29 is 17.2 Å². The monoisotopic (exact) mass is 390 g/mol. The molecular weight excluding hydrogens is 374 g/mol. The van der Waals surface area contributed by atoms with Crippen molar-refractivity contribution >= 4 is 27.3 Å². The predicted octanol–water partition coefficient (Wildman–Crippen LogP) is 3.86. The molecule has 0 fully saturated rings. The van der Waals surface area contributed by atoms with Gasteiger partial charge in [-0.05, 0) is 48.4 Å². The van der Waals surface area contributed by atoms with Crippen LogP contribution in [0.15, 0.2) is 59.5 Å². The van der Waals surface area contributed by atoms with Crippen LogP contribution in [0.4, 0.5) is 26.1 Å². The van der Waals surface area contributed by atoms with Crippen LogP contribution in [0.3, 0.4) is 0 Å². The van der Waals surface area contributed by atoms with Crippen molar-refractivity contribution in [2.75, 3.05) is 10.0 Å². The minimum absolute atomic E-state index is 0.0328. The van der Waals surface area contributed by atoms with E-state index >= 15 is 0 Å². The quantitative estimate of drug-likeness (QED) is 0.668. The van der Waals surface area contributed by atoms with Gasteiger partial charge < -0.3 is 5.32 Å². The molecule has 3 rings (SSSR count). The number of aromatic nitrogens is 2. The van der Waals surface area contributed by atoms with Crippen molar-refractivity contribution in [1.29, 1.82) is 0 Å². The maximum atomic E-state index is 13.2. The Hall–Kier alpha value is -3.07. The Morgan fingerprint density at radius 3 is 2.15 bits per heavy atom. The number of nitrogens with one attached hydrogen (secondary N) is 2. The fourth-order valence-electron chi connectivity index (χ4n) is 2.28. The van der Waals surface area contributed by atoms with E-state index in [9.17, 15) is 17.2 Å². The lowest BCUT2D eigenvalue weighted by atomic mass is 10.2. The third-order valence-electron chi connectivity index (χ3n) is 3.74. The first-order chi connectivity index (χ1) is 12.9. The highest BCUT2D eigenvalue weighted by atomic mass is 32.2. The number of halogens is 2. The molecule has 0 unspecified atom stereocenters. The molecule has 0 saturated carbocycles. The highest BCUT2D eigenvalue weighted by molar-refractivity contribution is 7.92. The van der Waals surface area contributed by atoms with Gasteiger partial charge in [0.1, 0.15) is 0 Å². The predicted molar refractivity (Wildman–Crippen MR) is 98.3 cm³/mol. The number of anilines is 3. The van der Waals surface area contributed by atoms with Crippen molar-refractivity contribution in [3.8, 4) is 0 Å². The molecule has 1 aromatic heterocycles. The number of hydrogen-bond donors (Lipinski definition) is 2. The van der Waals surface area contributed by atoms with Gasteiger partial charge in [-0.25, -0.2) is 17.2 Å².